The van der Waals surface area contributed by atoms with Crippen LogP contribution in [0.15, 0.2) is 23.3 Å². The van der Waals surface area contributed by atoms with Gasteiger partial charge in [-0.05, 0) is 25.5 Å². The van der Waals surface area contributed by atoms with Crippen LogP contribution >= 0.6 is 0 Å². The third-order valence-electron chi connectivity index (χ3n) is 4.52. The molecule has 8 heteroatoms. The molecule has 3 heterocycles. The summed E-state index contributed by atoms with van der Waals surface area (Å²) in [4.78, 5) is 20.4. The maximum Gasteiger partial charge on any atom is 0.293 e. The highest BCUT2D eigenvalue weighted by Gasteiger charge is 2.24. The van der Waals surface area contributed by atoms with Crippen LogP contribution in [0.4, 0.5) is 11.6 Å². The molecule has 3 rings (SSSR count). The van der Waals surface area contributed by atoms with Gasteiger partial charge in [0, 0.05) is 46.1 Å². The fraction of sp³-hybridized carbons (Fsp3) is 0.529. The van der Waals surface area contributed by atoms with Gasteiger partial charge in [-0.1, -0.05) is 0 Å². The highest BCUT2D eigenvalue weighted by atomic mass is 16.5. The van der Waals surface area contributed by atoms with Crippen LogP contribution in [0.2, 0.25) is 0 Å². The van der Waals surface area contributed by atoms with Crippen LogP contribution in [0, 0.1) is 13.8 Å². The largest absolute Gasteiger partial charge is 0.373 e. The fourth-order valence-corrected chi connectivity index (χ4v) is 2.86. The van der Waals surface area contributed by atoms with Gasteiger partial charge in [-0.15, -0.1) is 5.10 Å². The maximum absolute atomic E-state index is 12.2. The number of nitrogens with zero attached hydrogens (tertiary/aromatic N) is 6. The van der Waals surface area contributed by atoms with Gasteiger partial charge in [0.15, 0.2) is 11.6 Å². The van der Waals surface area contributed by atoms with Crippen molar-refractivity contribution in [1.82, 2.24) is 19.7 Å². The van der Waals surface area contributed by atoms with Gasteiger partial charge in [0.1, 0.15) is 0 Å². The van der Waals surface area contributed by atoms with Crippen molar-refractivity contribution in [3.05, 3.63) is 40.1 Å². The lowest BCUT2D eigenvalue weighted by Gasteiger charge is -2.35. The first-order valence-corrected chi connectivity index (χ1v) is 8.36. The van der Waals surface area contributed by atoms with Gasteiger partial charge in [0.25, 0.3) is 5.56 Å². The molecular weight excluding hydrogens is 320 g/mol. The predicted molar refractivity (Wildman–Crippen MR) is 96.2 cm³/mol. The third kappa shape index (κ3) is 3.79. The Morgan fingerprint density at radius 3 is 2.92 bits per heavy atom. The molecular formula is C17H24N6O2. The lowest BCUT2D eigenvalue weighted by atomic mass is 10.2. The van der Waals surface area contributed by atoms with Gasteiger partial charge >= 0.3 is 0 Å². The molecule has 0 N–H and O–H groups in total. The van der Waals surface area contributed by atoms with Gasteiger partial charge in [-0.25, -0.2) is 4.98 Å². The van der Waals surface area contributed by atoms with Crippen LogP contribution in [-0.4, -0.2) is 59.1 Å². The molecule has 1 unspecified atom stereocenters. The molecule has 1 fully saturated rings. The number of rotatable bonds is 4. The molecule has 1 saturated heterocycles. The Kier molecular flexibility index (Phi) is 4.98. The second-order valence-electron chi connectivity index (χ2n) is 6.46. The fourth-order valence-electron chi connectivity index (χ4n) is 2.86. The summed E-state index contributed by atoms with van der Waals surface area (Å²) in [5.74, 6) is 1.30. The first kappa shape index (κ1) is 17.3. The Balaban J connectivity index is 1.70. The minimum Gasteiger partial charge on any atom is -0.373 e. The first-order valence-electron chi connectivity index (χ1n) is 8.36. The van der Waals surface area contributed by atoms with Crippen molar-refractivity contribution in [2.75, 3.05) is 43.1 Å². The van der Waals surface area contributed by atoms with Crippen molar-refractivity contribution in [2.24, 2.45) is 7.05 Å². The number of hydrogen-bond acceptors (Lipinski definition) is 7. The van der Waals surface area contributed by atoms with E-state index in [0.29, 0.717) is 25.5 Å². The Hall–Kier alpha value is -2.48. The molecule has 0 amide bonds. The Morgan fingerprint density at radius 1 is 1.36 bits per heavy atom. The second-order valence-corrected chi connectivity index (χ2v) is 6.46. The number of morpholine rings is 1. The van der Waals surface area contributed by atoms with Gasteiger partial charge in [0.05, 0.1) is 18.4 Å². The van der Waals surface area contributed by atoms with E-state index < -0.39 is 0 Å². The summed E-state index contributed by atoms with van der Waals surface area (Å²) in [5, 5.41) is 8.51. The molecule has 2 aromatic heterocycles. The molecule has 1 atom stereocenters. The SMILES string of the molecule is Cc1cc(N2CCOC(CN(C)c3nccn(C)c3=O)C2)nnc1C. The molecule has 0 radical (unpaired) electrons. The summed E-state index contributed by atoms with van der Waals surface area (Å²) in [6.45, 7) is 6.68. The van der Waals surface area contributed by atoms with E-state index in [4.69, 9.17) is 4.74 Å². The summed E-state index contributed by atoms with van der Waals surface area (Å²) >= 11 is 0. The lowest BCUT2D eigenvalue weighted by molar-refractivity contribution is 0.0454. The van der Waals surface area contributed by atoms with E-state index in [1.807, 2.05) is 25.8 Å². The normalized spacial score (nSPS) is 17.6. The number of aromatic nitrogens is 4. The lowest BCUT2D eigenvalue weighted by Crippen LogP contribution is -2.48. The minimum absolute atomic E-state index is 0.0335. The van der Waals surface area contributed by atoms with E-state index in [1.54, 1.807) is 19.4 Å². The topological polar surface area (TPSA) is 76.4 Å². The summed E-state index contributed by atoms with van der Waals surface area (Å²) in [7, 11) is 3.58. The first-order chi connectivity index (χ1) is 12.0. The van der Waals surface area contributed by atoms with E-state index in [-0.39, 0.29) is 11.7 Å². The summed E-state index contributed by atoms with van der Waals surface area (Å²) < 4.78 is 7.40. The van der Waals surface area contributed by atoms with Crippen molar-refractivity contribution in [2.45, 2.75) is 20.0 Å². The van der Waals surface area contributed by atoms with E-state index in [0.717, 1.165) is 23.6 Å². The van der Waals surface area contributed by atoms with Crippen LogP contribution in [0.25, 0.3) is 0 Å². The van der Waals surface area contributed by atoms with Gasteiger partial charge in [-0.2, -0.15) is 5.10 Å². The average molecular weight is 344 g/mol. The van der Waals surface area contributed by atoms with Gasteiger partial charge in [0.2, 0.25) is 0 Å². The standard InChI is InChI=1S/C17H24N6O2/c1-12-9-15(20-19-13(12)2)23-7-8-25-14(11-23)10-22(4)16-17(24)21(3)6-5-18-16/h5-6,9,14H,7-8,10-11H2,1-4H3. The van der Waals surface area contributed by atoms with Gasteiger partial charge < -0.3 is 19.1 Å². The van der Waals surface area contributed by atoms with Crippen molar-refractivity contribution in [1.29, 1.82) is 0 Å². The Morgan fingerprint density at radius 2 is 2.16 bits per heavy atom. The van der Waals surface area contributed by atoms with Crippen molar-refractivity contribution in [3.63, 3.8) is 0 Å². The number of likely N-dealkylation sites (N-methyl/N-ethyl adjacent to an activating group) is 1. The number of anilines is 2. The predicted octanol–water partition coefficient (Wildman–Crippen LogP) is 0.529. The summed E-state index contributed by atoms with van der Waals surface area (Å²) in [6, 6.07) is 2.06. The zero-order valence-corrected chi connectivity index (χ0v) is 15.1. The summed E-state index contributed by atoms with van der Waals surface area (Å²) in [5.41, 5.74) is 1.96. The quantitative estimate of drug-likeness (QED) is 0.801. The molecule has 25 heavy (non-hydrogen) atoms. The molecule has 0 saturated carbocycles. The molecule has 1 aliphatic heterocycles. The Bertz CT molecular complexity index is 806. The number of hydrogen-bond donors (Lipinski definition) is 0. The summed E-state index contributed by atoms with van der Waals surface area (Å²) in [6.07, 6.45) is 3.25. The van der Waals surface area contributed by atoms with Crippen LogP contribution in [0.3, 0.4) is 0 Å². The zero-order chi connectivity index (χ0) is 18.0. The van der Waals surface area contributed by atoms with Crippen molar-refractivity contribution >= 4 is 11.6 Å². The highest BCUT2D eigenvalue weighted by molar-refractivity contribution is 5.42. The van der Waals surface area contributed by atoms with Crippen molar-refractivity contribution in [3.8, 4) is 0 Å². The molecule has 0 aromatic carbocycles. The monoisotopic (exact) mass is 344 g/mol. The van der Waals surface area contributed by atoms with E-state index in [1.165, 1.54) is 4.57 Å². The molecule has 0 spiro atoms. The van der Waals surface area contributed by atoms with Crippen LogP contribution in [-0.2, 0) is 11.8 Å². The van der Waals surface area contributed by atoms with E-state index in [9.17, 15) is 4.79 Å². The molecule has 1 aliphatic rings. The number of aryl methyl sites for hydroxylation is 3. The highest BCUT2D eigenvalue weighted by Crippen LogP contribution is 2.17. The van der Waals surface area contributed by atoms with Crippen LogP contribution in [0.1, 0.15) is 11.3 Å². The zero-order valence-electron chi connectivity index (χ0n) is 15.1. The van der Waals surface area contributed by atoms with E-state index >= 15 is 0 Å². The number of ether oxygens (including phenoxy) is 1. The second kappa shape index (κ2) is 7.18. The molecule has 0 aliphatic carbocycles. The smallest absolute Gasteiger partial charge is 0.293 e. The maximum atomic E-state index is 12.2. The molecule has 8 nitrogen and oxygen atoms in total. The van der Waals surface area contributed by atoms with Crippen LogP contribution < -0.4 is 15.4 Å². The third-order valence-corrected chi connectivity index (χ3v) is 4.52. The van der Waals surface area contributed by atoms with Gasteiger partial charge in [-0.3, -0.25) is 4.79 Å². The van der Waals surface area contributed by atoms with Crippen molar-refractivity contribution < 1.29 is 4.74 Å². The molecule has 134 valence electrons. The van der Waals surface area contributed by atoms with Crippen LogP contribution in [0.5, 0.6) is 0 Å². The van der Waals surface area contributed by atoms with E-state index in [2.05, 4.69) is 26.1 Å². The molecule has 2 aromatic rings. The Labute approximate surface area is 147 Å². The minimum atomic E-state index is -0.113. The molecule has 0 bridgehead atoms. The average Bonchev–Trinajstić information content (AvgIpc) is 2.60.